The van der Waals surface area contributed by atoms with Gasteiger partial charge >= 0.3 is 0 Å². The molecule has 0 aromatic carbocycles. The summed E-state index contributed by atoms with van der Waals surface area (Å²) in [6.45, 7) is 7.16. The third-order valence-electron chi connectivity index (χ3n) is 3.32. The van der Waals surface area contributed by atoms with Gasteiger partial charge < -0.3 is 0 Å². The van der Waals surface area contributed by atoms with Crippen molar-refractivity contribution in [1.29, 1.82) is 0 Å². The molecule has 0 amide bonds. The van der Waals surface area contributed by atoms with E-state index in [1.54, 1.807) is 27.7 Å². The van der Waals surface area contributed by atoms with Crippen LogP contribution in [0.3, 0.4) is 0 Å². The predicted molar refractivity (Wildman–Crippen MR) is 71.3 cm³/mol. The zero-order valence-electron chi connectivity index (χ0n) is 11.3. The topological polar surface area (TPSA) is 74.8 Å². The minimum Gasteiger partial charge on any atom is -0.212 e. The molecule has 0 aliphatic carbocycles. The Balaban J connectivity index is 2.97. The molecule has 2 atom stereocenters. The van der Waals surface area contributed by atoms with Crippen LogP contribution in [0.5, 0.6) is 0 Å². The highest BCUT2D eigenvalue weighted by molar-refractivity contribution is 7.89. The second-order valence-corrected chi connectivity index (χ2v) is 9.06. The van der Waals surface area contributed by atoms with Crippen molar-refractivity contribution < 1.29 is 16.8 Å². The highest BCUT2D eigenvalue weighted by Crippen LogP contribution is 2.21. The molecule has 18 heavy (non-hydrogen) atoms. The zero-order valence-corrected chi connectivity index (χ0v) is 13.0. The maximum atomic E-state index is 11.9. The largest absolute Gasteiger partial charge is 0.214 e. The van der Waals surface area contributed by atoms with Gasteiger partial charge in [-0.1, -0.05) is 0 Å². The van der Waals surface area contributed by atoms with Crippen LogP contribution in [-0.4, -0.2) is 62.1 Å². The maximum Gasteiger partial charge on any atom is 0.214 e. The van der Waals surface area contributed by atoms with E-state index in [4.69, 9.17) is 0 Å². The second kappa shape index (κ2) is 5.44. The molecule has 1 saturated heterocycles. The highest BCUT2D eigenvalue weighted by atomic mass is 32.2. The van der Waals surface area contributed by atoms with Crippen LogP contribution >= 0.6 is 0 Å². The first-order valence-electron chi connectivity index (χ1n) is 6.14. The van der Waals surface area contributed by atoms with Crippen LogP contribution in [-0.2, 0) is 20.0 Å². The molecule has 8 heteroatoms. The first-order chi connectivity index (χ1) is 8.15. The van der Waals surface area contributed by atoms with Gasteiger partial charge in [0.05, 0.1) is 11.5 Å². The van der Waals surface area contributed by atoms with Crippen LogP contribution in [0.2, 0.25) is 0 Å². The molecule has 0 bridgehead atoms. The van der Waals surface area contributed by atoms with Gasteiger partial charge in [0.2, 0.25) is 20.0 Å². The van der Waals surface area contributed by atoms with E-state index < -0.39 is 20.0 Å². The van der Waals surface area contributed by atoms with Gasteiger partial charge in [0.1, 0.15) is 0 Å². The quantitative estimate of drug-likeness (QED) is 0.736. The third kappa shape index (κ3) is 3.04. The standard InChI is InChI=1S/C10H22N2O4S2/c1-5-17(13,14)11-7-10(4)12(8-9(11)3)18(15,16)6-2/h9-10H,5-8H2,1-4H3/t9-,10+. The van der Waals surface area contributed by atoms with Gasteiger partial charge in [0.25, 0.3) is 0 Å². The van der Waals surface area contributed by atoms with Gasteiger partial charge in [-0.05, 0) is 27.7 Å². The minimum atomic E-state index is -3.27. The summed E-state index contributed by atoms with van der Waals surface area (Å²) in [5.74, 6) is 0.0924. The molecule has 1 aliphatic rings. The van der Waals surface area contributed by atoms with Crippen LogP contribution in [0, 0.1) is 0 Å². The van der Waals surface area contributed by atoms with E-state index in [0.29, 0.717) is 0 Å². The van der Waals surface area contributed by atoms with Crippen LogP contribution in [0.25, 0.3) is 0 Å². The summed E-state index contributed by atoms with van der Waals surface area (Å²) < 4.78 is 50.4. The molecule has 0 spiro atoms. The van der Waals surface area contributed by atoms with E-state index >= 15 is 0 Å². The van der Waals surface area contributed by atoms with E-state index in [0.717, 1.165) is 0 Å². The molecule has 108 valence electrons. The van der Waals surface area contributed by atoms with Gasteiger partial charge in [-0.3, -0.25) is 0 Å². The van der Waals surface area contributed by atoms with Gasteiger partial charge in [-0.2, -0.15) is 8.61 Å². The lowest BCUT2D eigenvalue weighted by atomic mass is 10.2. The SMILES string of the molecule is CCS(=O)(=O)N1C[C@H](C)N(S(=O)(=O)CC)C[C@H]1C. The average molecular weight is 298 g/mol. The molecule has 0 N–H and O–H groups in total. The summed E-state index contributed by atoms with van der Waals surface area (Å²) in [6, 6.07) is -0.625. The van der Waals surface area contributed by atoms with Crippen molar-refractivity contribution >= 4 is 20.0 Å². The summed E-state index contributed by atoms with van der Waals surface area (Å²) >= 11 is 0. The van der Waals surface area contributed by atoms with Gasteiger partial charge in [0.15, 0.2) is 0 Å². The smallest absolute Gasteiger partial charge is 0.212 e. The summed E-state index contributed by atoms with van der Waals surface area (Å²) in [6.07, 6.45) is 0. The molecule has 0 aromatic rings. The fraction of sp³-hybridized carbons (Fsp3) is 1.00. The Morgan fingerprint density at radius 2 is 1.11 bits per heavy atom. The van der Waals surface area contributed by atoms with Crippen molar-refractivity contribution in [1.82, 2.24) is 8.61 Å². The molecule has 0 saturated carbocycles. The number of piperazine rings is 1. The highest BCUT2D eigenvalue weighted by Gasteiger charge is 2.39. The Morgan fingerprint density at radius 3 is 1.33 bits per heavy atom. The first kappa shape index (κ1) is 15.9. The van der Waals surface area contributed by atoms with Crippen molar-refractivity contribution in [2.24, 2.45) is 0 Å². The molecule has 0 aromatic heterocycles. The van der Waals surface area contributed by atoms with Crippen molar-refractivity contribution in [2.45, 2.75) is 39.8 Å². The summed E-state index contributed by atoms with van der Waals surface area (Å²) in [5.41, 5.74) is 0. The van der Waals surface area contributed by atoms with Crippen molar-refractivity contribution in [3.8, 4) is 0 Å². The fourth-order valence-corrected chi connectivity index (χ4v) is 4.95. The number of nitrogens with zero attached hydrogens (tertiary/aromatic N) is 2. The number of rotatable bonds is 4. The number of sulfonamides is 2. The molecule has 6 nitrogen and oxygen atoms in total. The number of hydrogen-bond acceptors (Lipinski definition) is 4. The number of hydrogen-bond donors (Lipinski definition) is 0. The predicted octanol–water partition coefficient (Wildman–Crippen LogP) is 0.0804. The Hall–Kier alpha value is -0.180. The maximum absolute atomic E-state index is 11.9. The van der Waals surface area contributed by atoms with E-state index in [1.165, 1.54) is 8.61 Å². The molecule has 0 radical (unpaired) electrons. The van der Waals surface area contributed by atoms with E-state index in [1.807, 2.05) is 0 Å². The zero-order chi connectivity index (χ0) is 14.1. The molecule has 1 fully saturated rings. The van der Waals surface area contributed by atoms with E-state index in [9.17, 15) is 16.8 Å². The minimum absolute atomic E-state index is 0.0462. The molecule has 1 rings (SSSR count). The van der Waals surface area contributed by atoms with Gasteiger partial charge in [-0.15, -0.1) is 0 Å². The van der Waals surface area contributed by atoms with E-state index in [2.05, 4.69) is 0 Å². The second-order valence-electron chi connectivity index (χ2n) is 4.64. The van der Waals surface area contributed by atoms with Gasteiger partial charge in [-0.25, -0.2) is 16.8 Å². The van der Waals surface area contributed by atoms with Crippen LogP contribution in [0.15, 0.2) is 0 Å². The van der Waals surface area contributed by atoms with Crippen LogP contribution in [0.1, 0.15) is 27.7 Å². The Morgan fingerprint density at radius 1 is 0.833 bits per heavy atom. The van der Waals surface area contributed by atoms with E-state index in [-0.39, 0.29) is 36.7 Å². The van der Waals surface area contributed by atoms with Gasteiger partial charge in [0, 0.05) is 25.2 Å². The molecule has 1 aliphatic heterocycles. The average Bonchev–Trinajstić information content (AvgIpc) is 2.31. The Labute approximate surface area is 110 Å². The third-order valence-corrected chi connectivity index (χ3v) is 7.22. The molecule has 0 unspecified atom stereocenters. The monoisotopic (exact) mass is 298 g/mol. The lowest BCUT2D eigenvalue weighted by Crippen LogP contribution is -2.59. The lowest BCUT2D eigenvalue weighted by Gasteiger charge is -2.42. The molecular weight excluding hydrogens is 276 g/mol. The van der Waals surface area contributed by atoms with Crippen molar-refractivity contribution in [3.63, 3.8) is 0 Å². The summed E-state index contributed by atoms with van der Waals surface area (Å²) in [4.78, 5) is 0. The van der Waals surface area contributed by atoms with Crippen LogP contribution in [0.4, 0.5) is 0 Å². The fourth-order valence-electron chi connectivity index (χ4n) is 2.17. The van der Waals surface area contributed by atoms with Crippen molar-refractivity contribution in [3.05, 3.63) is 0 Å². The lowest BCUT2D eigenvalue weighted by molar-refractivity contribution is 0.164. The first-order valence-corrected chi connectivity index (χ1v) is 9.36. The summed E-state index contributed by atoms with van der Waals surface area (Å²) in [7, 11) is -6.53. The summed E-state index contributed by atoms with van der Waals surface area (Å²) in [5, 5.41) is 0. The molecular formula is C10H22N2O4S2. The Bertz CT molecular complexity index is 440. The van der Waals surface area contributed by atoms with Crippen LogP contribution < -0.4 is 0 Å². The Kier molecular flexibility index (Phi) is 4.80. The van der Waals surface area contributed by atoms with Crippen molar-refractivity contribution in [2.75, 3.05) is 24.6 Å². The normalized spacial score (nSPS) is 28.4. The molecule has 1 heterocycles.